The number of aryl methyl sites for hydroxylation is 1. The first-order chi connectivity index (χ1) is 8.68. The molecule has 1 atom stereocenters. The molecule has 18 heavy (non-hydrogen) atoms. The highest BCUT2D eigenvalue weighted by atomic mass is 19.2. The largest absolute Gasteiger partial charge is 0.324 e. The van der Waals surface area contributed by atoms with Gasteiger partial charge in [0.15, 0.2) is 11.6 Å². The lowest BCUT2D eigenvalue weighted by Crippen LogP contribution is -2.14. The molecule has 2 nitrogen and oxygen atoms in total. The molecule has 0 amide bonds. The first-order valence-corrected chi connectivity index (χ1v) is 5.77. The molecule has 2 rings (SSSR count). The lowest BCUT2D eigenvalue weighted by Gasteiger charge is -2.13. The van der Waals surface area contributed by atoms with E-state index in [-0.39, 0.29) is 5.56 Å². The molecule has 94 valence electrons. The van der Waals surface area contributed by atoms with E-state index in [4.69, 9.17) is 5.73 Å². The van der Waals surface area contributed by atoms with E-state index < -0.39 is 17.7 Å². The number of pyridine rings is 1. The van der Waals surface area contributed by atoms with E-state index >= 15 is 0 Å². The molecule has 0 radical (unpaired) electrons. The number of aromatic nitrogens is 1. The molecule has 2 N–H and O–H groups in total. The van der Waals surface area contributed by atoms with Crippen LogP contribution in [0.4, 0.5) is 8.78 Å². The number of benzene rings is 1. The zero-order valence-corrected chi connectivity index (χ0v) is 9.81. The van der Waals surface area contributed by atoms with Crippen LogP contribution in [-0.4, -0.2) is 4.98 Å². The van der Waals surface area contributed by atoms with Gasteiger partial charge in [0.05, 0.1) is 0 Å². The van der Waals surface area contributed by atoms with E-state index in [1.807, 2.05) is 12.1 Å². The summed E-state index contributed by atoms with van der Waals surface area (Å²) in [6.45, 7) is 0. The van der Waals surface area contributed by atoms with Crippen LogP contribution in [0.25, 0.3) is 0 Å². The lowest BCUT2D eigenvalue weighted by molar-refractivity contribution is 0.483. The summed E-state index contributed by atoms with van der Waals surface area (Å²) < 4.78 is 26.6. The quantitative estimate of drug-likeness (QED) is 0.903. The van der Waals surface area contributed by atoms with Crippen molar-refractivity contribution >= 4 is 0 Å². The molecule has 0 aliphatic carbocycles. The first-order valence-electron chi connectivity index (χ1n) is 5.77. The predicted octanol–water partition coefficient (Wildman–Crippen LogP) is 2.99. The number of halogens is 2. The predicted molar refractivity (Wildman–Crippen MR) is 65.8 cm³/mol. The SMILES string of the molecule is NC(CCc1ccncc1)c1cccc(F)c1F. The zero-order chi connectivity index (χ0) is 13.0. The Bertz CT molecular complexity index is 514. The summed E-state index contributed by atoms with van der Waals surface area (Å²) >= 11 is 0. The van der Waals surface area contributed by atoms with Crippen molar-refractivity contribution in [1.29, 1.82) is 0 Å². The fraction of sp³-hybridized carbons (Fsp3) is 0.214. The summed E-state index contributed by atoms with van der Waals surface area (Å²) in [7, 11) is 0. The van der Waals surface area contributed by atoms with Crippen molar-refractivity contribution in [3.05, 3.63) is 65.5 Å². The molecule has 0 spiro atoms. The van der Waals surface area contributed by atoms with E-state index in [0.29, 0.717) is 12.8 Å². The third kappa shape index (κ3) is 2.90. The molecule has 1 heterocycles. The van der Waals surface area contributed by atoms with Crippen LogP contribution in [0, 0.1) is 11.6 Å². The Labute approximate surface area is 104 Å². The number of nitrogens with two attached hydrogens (primary N) is 1. The van der Waals surface area contributed by atoms with Crippen LogP contribution in [0.3, 0.4) is 0 Å². The molecule has 4 heteroatoms. The number of hydrogen-bond acceptors (Lipinski definition) is 2. The monoisotopic (exact) mass is 248 g/mol. The Morgan fingerprint density at radius 3 is 2.56 bits per heavy atom. The van der Waals surface area contributed by atoms with Crippen LogP contribution >= 0.6 is 0 Å². The van der Waals surface area contributed by atoms with Crippen LogP contribution in [0.5, 0.6) is 0 Å². The van der Waals surface area contributed by atoms with Crippen LogP contribution in [0.15, 0.2) is 42.7 Å². The third-order valence-corrected chi connectivity index (χ3v) is 2.87. The van der Waals surface area contributed by atoms with E-state index in [9.17, 15) is 8.78 Å². The third-order valence-electron chi connectivity index (χ3n) is 2.87. The maximum Gasteiger partial charge on any atom is 0.163 e. The van der Waals surface area contributed by atoms with Crippen molar-refractivity contribution < 1.29 is 8.78 Å². The van der Waals surface area contributed by atoms with E-state index in [0.717, 1.165) is 11.6 Å². The maximum absolute atomic E-state index is 13.5. The Morgan fingerprint density at radius 1 is 1.11 bits per heavy atom. The summed E-state index contributed by atoms with van der Waals surface area (Å²) in [6, 6.07) is 7.35. The van der Waals surface area contributed by atoms with Gasteiger partial charge in [0, 0.05) is 24.0 Å². The van der Waals surface area contributed by atoms with Gasteiger partial charge in [0.1, 0.15) is 0 Å². The fourth-order valence-corrected chi connectivity index (χ4v) is 1.83. The van der Waals surface area contributed by atoms with Crippen LogP contribution < -0.4 is 5.73 Å². The van der Waals surface area contributed by atoms with E-state index in [1.165, 1.54) is 12.1 Å². The second-order valence-electron chi connectivity index (χ2n) is 4.14. The van der Waals surface area contributed by atoms with Gasteiger partial charge in [0.2, 0.25) is 0 Å². The fourth-order valence-electron chi connectivity index (χ4n) is 1.83. The zero-order valence-electron chi connectivity index (χ0n) is 9.81. The van der Waals surface area contributed by atoms with Gasteiger partial charge in [-0.05, 0) is 36.6 Å². The molecule has 0 bridgehead atoms. The van der Waals surface area contributed by atoms with Gasteiger partial charge in [-0.25, -0.2) is 8.78 Å². The van der Waals surface area contributed by atoms with Crippen molar-refractivity contribution in [3.8, 4) is 0 Å². The summed E-state index contributed by atoms with van der Waals surface area (Å²) in [5.74, 6) is -1.70. The standard InChI is InChI=1S/C14H14F2N2/c15-12-3-1-2-11(14(12)16)13(17)5-4-10-6-8-18-9-7-10/h1-3,6-9,13H,4-5,17H2. The summed E-state index contributed by atoms with van der Waals surface area (Å²) in [6.07, 6.45) is 4.66. The Kier molecular flexibility index (Phi) is 3.99. The van der Waals surface area contributed by atoms with Gasteiger partial charge in [-0.3, -0.25) is 4.98 Å². The Hall–Kier alpha value is -1.81. The molecule has 0 aliphatic rings. The molecule has 2 aromatic rings. The second kappa shape index (κ2) is 5.69. The summed E-state index contributed by atoms with van der Waals surface area (Å²) in [4.78, 5) is 3.92. The molecule has 1 unspecified atom stereocenters. The second-order valence-corrected chi connectivity index (χ2v) is 4.14. The summed E-state index contributed by atoms with van der Waals surface area (Å²) in [5, 5.41) is 0. The summed E-state index contributed by atoms with van der Waals surface area (Å²) in [5.41, 5.74) is 7.20. The topological polar surface area (TPSA) is 38.9 Å². The van der Waals surface area contributed by atoms with Gasteiger partial charge in [-0.1, -0.05) is 12.1 Å². The van der Waals surface area contributed by atoms with Gasteiger partial charge in [-0.15, -0.1) is 0 Å². The minimum absolute atomic E-state index is 0.226. The van der Waals surface area contributed by atoms with Crippen molar-refractivity contribution in [2.45, 2.75) is 18.9 Å². The van der Waals surface area contributed by atoms with E-state index in [1.54, 1.807) is 12.4 Å². The smallest absolute Gasteiger partial charge is 0.163 e. The molecule has 0 aliphatic heterocycles. The van der Waals surface area contributed by atoms with Gasteiger partial charge >= 0.3 is 0 Å². The van der Waals surface area contributed by atoms with Crippen molar-refractivity contribution in [3.63, 3.8) is 0 Å². The molecule has 0 saturated carbocycles. The van der Waals surface area contributed by atoms with E-state index in [2.05, 4.69) is 4.98 Å². The molecular formula is C14H14F2N2. The van der Waals surface area contributed by atoms with Crippen LogP contribution in [0.2, 0.25) is 0 Å². The van der Waals surface area contributed by atoms with Crippen LogP contribution in [0.1, 0.15) is 23.6 Å². The van der Waals surface area contributed by atoms with Crippen LogP contribution in [-0.2, 0) is 6.42 Å². The van der Waals surface area contributed by atoms with Crippen molar-refractivity contribution in [1.82, 2.24) is 4.98 Å². The minimum atomic E-state index is -0.855. The minimum Gasteiger partial charge on any atom is -0.324 e. The Balaban J connectivity index is 2.04. The molecule has 1 aromatic heterocycles. The number of hydrogen-bond donors (Lipinski definition) is 1. The Morgan fingerprint density at radius 2 is 1.83 bits per heavy atom. The molecular weight excluding hydrogens is 234 g/mol. The van der Waals surface area contributed by atoms with Gasteiger partial charge < -0.3 is 5.73 Å². The molecule has 1 aromatic carbocycles. The first kappa shape index (κ1) is 12.6. The van der Waals surface area contributed by atoms with Crippen molar-refractivity contribution in [2.24, 2.45) is 5.73 Å². The molecule has 0 saturated heterocycles. The molecule has 0 fully saturated rings. The number of rotatable bonds is 4. The highest BCUT2D eigenvalue weighted by Crippen LogP contribution is 2.21. The highest BCUT2D eigenvalue weighted by molar-refractivity contribution is 5.22. The normalized spacial score (nSPS) is 12.4. The number of nitrogens with zero attached hydrogens (tertiary/aromatic N) is 1. The van der Waals surface area contributed by atoms with Gasteiger partial charge in [0.25, 0.3) is 0 Å². The van der Waals surface area contributed by atoms with Gasteiger partial charge in [-0.2, -0.15) is 0 Å². The average molecular weight is 248 g/mol. The lowest BCUT2D eigenvalue weighted by atomic mass is 9.99. The highest BCUT2D eigenvalue weighted by Gasteiger charge is 2.14. The maximum atomic E-state index is 13.5. The van der Waals surface area contributed by atoms with Crippen molar-refractivity contribution in [2.75, 3.05) is 0 Å². The average Bonchev–Trinajstić information content (AvgIpc) is 2.40.